The molecule has 170 valence electrons. The van der Waals surface area contributed by atoms with Crippen molar-refractivity contribution in [3.63, 3.8) is 0 Å². The average Bonchev–Trinajstić information content (AvgIpc) is 2.83. The van der Waals surface area contributed by atoms with Gasteiger partial charge in [0.05, 0.1) is 10.5 Å². The van der Waals surface area contributed by atoms with E-state index in [4.69, 9.17) is 0 Å². The molecule has 1 saturated heterocycles. The molecule has 33 heavy (non-hydrogen) atoms. The van der Waals surface area contributed by atoms with Crippen LogP contribution in [-0.2, 0) is 6.42 Å². The van der Waals surface area contributed by atoms with Crippen LogP contribution in [0.2, 0.25) is 0 Å². The summed E-state index contributed by atoms with van der Waals surface area (Å²) in [5.41, 5.74) is 6.52. The average molecular weight is 511 g/mol. The molecule has 0 spiro atoms. The number of amides is 1. The van der Waals surface area contributed by atoms with E-state index >= 15 is 0 Å². The van der Waals surface area contributed by atoms with Crippen LogP contribution in [0.3, 0.4) is 0 Å². The number of rotatable bonds is 7. The lowest BCUT2D eigenvalue weighted by Gasteiger charge is -2.32. The van der Waals surface area contributed by atoms with E-state index in [1.807, 2.05) is 23.1 Å². The van der Waals surface area contributed by atoms with E-state index in [1.165, 1.54) is 11.9 Å². The highest BCUT2D eigenvalue weighted by Gasteiger charge is 2.30. The summed E-state index contributed by atoms with van der Waals surface area (Å²) in [5.74, 6) is 0.270. The van der Waals surface area contributed by atoms with Crippen LogP contribution in [-0.4, -0.2) is 33.9 Å². The van der Waals surface area contributed by atoms with E-state index in [9.17, 15) is 14.9 Å². The number of piperidine rings is 1. The Balaban J connectivity index is 1.45. The van der Waals surface area contributed by atoms with Gasteiger partial charge in [0.1, 0.15) is 6.33 Å². The van der Waals surface area contributed by atoms with Crippen molar-refractivity contribution in [1.82, 2.24) is 15.4 Å². The Kier molecular flexibility index (Phi) is 7.13. The topological polar surface area (TPSA) is 113 Å². The van der Waals surface area contributed by atoms with E-state index in [0.717, 1.165) is 19.3 Å². The normalized spacial score (nSPS) is 14.0. The van der Waals surface area contributed by atoms with E-state index in [1.54, 1.807) is 24.3 Å². The Hall–Kier alpha value is -3.53. The number of anilines is 2. The number of halogens is 1. The summed E-state index contributed by atoms with van der Waals surface area (Å²) in [6.07, 6.45) is 4.09. The first kappa shape index (κ1) is 22.7. The summed E-state index contributed by atoms with van der Waals surface area (Å²) < 4.78 is 0.612. The Labute approximate surface area is 199 Å². The van der Waals surface area contributed by atoms with Crippen LogP contribution in [0.25, 0.3) is 0 Å². The van der Waals surface area contributed by atoms with E-state index in [0.29, 0.717) is 29.0 Å². The highest BCUT2D eigenvalue weighted by atomic mass is 79.9. The third-order valence-corrected chi connectivity index (χ3v) is 6.37. The molecule has 4 rings (SSSR count). The van der Waals surface area contributed by atoms with Gasteiger partial charge in [0.15, 0.2) is 0 Å². The number of hydrogen-bond acceptors (Lipinski definition) is 7. The number of aromatic nitrogens is 2. The lowest BCUT2D eigenvalue weighted by molar-refractivity contribution is -0.383. The number of nitrogens with one attached hydrogen (secondary N) is 2. The van der Waals surface area contributed by atoms with Gasteiger partial charge in [-0.2, -0.15) is 0 Å². The Bertz CT molecular complexity index is 1140. The third kappa shape index (κ3) is 5.46. The highest BCUT2D eigenvalue weighted by Crippen LogP contribution is 2.34. The molecular weight excluding hydrogens is 488 g/mol. The minimum Gasteiger partial charge on any atom is -0.351 e. The molecule has 1 amide bonds. The van der Waals surface area contributed by atoms with Crippen molar-refractivity contribution in [2.24, 2.45) is 5.92 Å². The molecule has 0 radical (unpaired) electrons. The van der Waals surface area contributed by atoms with Crippen LogP contribution in [0, 0.1) is 16.0 Å². The zero-order valence-corrected chi connectivity index (χ0v) is 19.4. The first-order chi connectivity index (χ1) is 16.0. The summed E-state index contributed by atoms with van der Waals surface area (Å²) in [6, 6.07) is 17.2. The van der Waals surface area contributed by atoms with Gasteiger partial charge in [-0.25, -0.2) is 9.97 Å². The molecule has 1 aliphatic heterocycles. The van der Waals surface area contributed by atoms with Crippen molar-refractivity contribution < 1.29 is 9.72 Å². The van der Waals surface area contributed by atoms with Crippen LogP contribution in [0.1, 0.15) is 28.8 Å². The number of nitro groups is 1. The predicted molar refractivity (Wildman–Crippen MR) is 129 cm³/mol. The largest absolute Gasteiger partial charge is 0.355 e. The fourth-order valence-corrected chi connectivity index (χ4v) is 4.45. The van der Waals surface area contributed by atoms with Gasteiger partial charge in [0, 0.05) is 17.6 Å². The molecule has 1 aliphatic rings. The minimum absolute atomic E-state index is 0.0585. The number of hydrazine groups is 1. The van der Waals surface area contributed by atoms with E-state index < -0.39 is 10.8 Å². The number of hydrogen-bond donors (Lipinski definition) is 2. The molecule has 3 aromatic rings. The zero-order chi connectivity index (χ0) is 23.2. The maximum Gasteiger partial charge on any atom is 0.355 e. The maximum atomic E-state index is 12.5. The van der Waals surface area contributed by atoms with Crippen molar-refractivity contribution in [3.05, 3.63) is 86.6 Å². The van der Waals surface area contributed by atoms with Crippen molar-refractivity contribution in [2.75, 3.05) is 23.4 Å². The highest BCUT2D eigenvalue weighted by molar-refractivity contribution is 9.10. The van der Waals surface area contributed by atoms with Crippen LogP contribution >= 0.6 is 15.9 Å². The van der Waals surface area contributed by atoms with Gasteiger partial charge < -0.3 is 4.90 Å². The molecule has 2 heterocycles. The molecule has 1 aromatic heterocycles. The predicted octanol–water partition coefficient (Wildman–Crippen LogP) is 4.36. The van der Waals surface area contributed by atoms with Gasteiger partial charge in [0.2, 0.25) is 11.6 Å². The first-order valence-electron chi connectivity index (χ1n) is 10.6. The second-order valence-electron chi connectivity index (χ2n) is 7.83. The van der Waals surface area contributed by atoms with Gasteiger partial charge in [-0.15, -0.1) is 0 Å². The molecule has 0 aliphatic carbocycles. The second-order valence-corrected chi connectivity index (χ2v) is 8.69. The Morgan fingerprint density at radius 2 is 1.79 bits per heavy atom. The zero-order valence-electron chi connectivity index (χ0n) is 17.8. The van der Waals surface area contributed by atoms with Gasteiger partial charge in [0.25, 0.3) is 5.91 Å². The summed E-state index contributed by atoms with van der Waals surface area (Å²) in [6.45, 7) is 1.33. The standard InChI is InChI=1S/C23H23BrN6O3/c24-19-9-5-4-8-18(19)23(31)28-27-21-20(30(32)33)22(26-15-25-21)29-12-10-17(11-13-29)14-16-6-2-1-3-7-16/h1-9,15,17H,10-14H2,(H,28,31)(H,25,26,27). The fourth-order valence-electron chi connectivity index (χ4n) is 3.99. The SMILES string of the molecule is O=C(NNc1ncnc(N2CCC(Cc3ccccc3)CC2)c1[N+](=O)[O-])c1ccccc1Br. The molecule has 0 atom stereocenters. The Morgan fingerprint density at radius 1 is 1.09 bits per heavy atom. The van der Waals surface area contributed by atoms with Crippen LogP contribution in [0.15, 0.2) is 65.4 Å². The molecule has 2 aromatic carbocycles. The second kappa shape index (κ2) is 10.4. The van der Waals surface area contributed by atoms with Crippen molar-refractivity contribution >= 4 is 39.2 Å². The quantitative estimate of drug-likeness (QED) is 0.358. The molecule has 0 unspecified atom stereocenters. The third-order valence-electron chi connectivity index (χ3n) is 5.68. The molecule has 9 nitrogen and oxygen atoms in total. The number of benzene rings is 2. The molecule has 2 N–H and O–H groups in total. The van der Waals surface area contributed by atoms with Gasteiger partial charge in [-0.1, -0.05) is 42.5 Å². The first-order valence-corrected chi connectivity index (χ1v) is 11.4. The lowest BCUT2D eigenvalue weighted by atomic mass is 9.90. The Morgan fingerprint density at radius 3 is 2.48 bits per heavy atom. The van der Waals surface area contributed by atoms with Crippen LogP contribution in [0.5, 0.6) is 0 Å². The van der Waals surface area contributed by atoms with E-state index in [2.05, 4.69) is 48.9 Å². The van der Waals surface area contributed by atoms with Gasteiger partial charge >= 0.3 is 5.69 Å². The molecule has 1 fully saturated rings. The van der Waals surface area contributed by atoms with Gasteiger partial charge in [-0.05, 0) is 58.8 Å². The number of carbonyl (C=O) groups excluding carboxylic acids is 1. The summed E-state index contributed by atoms with van der Waals surface area (Å²) in [7, 11) is 0. The van der Waals surface area contributed by atoms with E-state index in [-0.39, 0.29) is 17.3 Å². The van der Waals surface area contributed by atoms with Crippen LogP contribution < -0.4 is 15.8 Å². The summed E-state index contributed by atoms with van der Waals surface area (Å²) in [4.78, 5) is 34.0. The maximum absolute atomic E-state index is 12.5. The summed E-state index contributed by atoms with van der Waals surface area (Å²) in [5, 5.41) is 11.9. The van der Waals surface area contributed by atoms with Gasteiger partial charge in [-0.3, -0.25) is 25.8 Å². The molecule has 0 saturated carbocycles. The molecule has 0 bridgehead atoms. The number of nitrogens with zero attached hydrogens (tertiary/aromatic N) is 4. The summed E-state index contributed by atoms with van der Waals surface area (Å²) >= 11 is 3.32. The number of carbonyl (C=O) groups is 1. The molecular formula is C23H23BrN6O3. The molecule has 10 heteroatoms. The van der Waals surface area contributed by atoms with Crippen molar-refractivity contribution in [1.29, 1.82) is 0 Å². The van der Waals surface area contributed by atoms with Crippen molar-refractivity contribution in [2.45, 2.75) is 19.3 Å². The monoisotopic (exact) mass is 510 g/mol. The minimum atomic E-state index is -0.516. The van der Waals surface area contributed by atoms with Crippen LogP contribution in [0.4, 0.5) is 17.3 Å². The smallest absolute Gasteiger partial charge is 0.351 e. The fraction of sp³-hybridized carbons (Fsp3) is 0.261. The van der Waals surface area contributed by atoms with Crippen molar-refractivity contribution in [3.8, 4) is 0 Å². The lowest BCUT2D eigenvalue weighted by Crippen LogP contribution is -2.36.